The van der Waals surface area contributed by atoms with E-state index >= 15 is 0 Å². The number of ether oxygens (including phenoxy) is 1. The van der Waals surface area contributed by atoms with Crippen LogP contribution in [0.15, 0.2) is 73.1 Å². The summed E-state index contributed by atoms with van der Waals surface area (Å²) >= 11 is 0. The maximum atomic E-state index is 12.9. The van der Waals surface area contributed by atoms with Gasteiger partial charge in [-0.05, 0) is 81.2 Å². The minimum absolute atomic E-state index is 0.208. The first kappa shape index (κ1) is 25.4. The minimum Gasteiger partial charge on any atom is -0.438 e. The largest absolute Gasteiger partial charge is 0.438 e. The molecule has 0 aliphatic heterocycles. The molecule has 0 unspecified atom stereocenters. The topological polar surface area (TPSA) is 92.3 Å². The molecule has 2 aromatic heterocycles. The molecule has 0 aliphatic rings. The summed E-state index contributed by atoms with van der Waals surface area (Å²) in [6.07, 6.45) is 3.35. The Morgan fingerprint density at radius 2 is 1.89 bits per heavy atom. The van der Waals surface area contributed by atoms with Crippen molar-refractivity contribution < 1.29 is 9.53 Å². The monoisotopic (exact) mass is 492 g/mol. The Morgan fingerprint density at radius 3 is 2.68 bits per heavy atom. The van der Waals surface area contributed by atoms with Gasteiger partial charge in [0.15, 0.2) is 0 Å². The first-order chi connectivity index (χ1) is 17.9. The zero-order chi connectivity index (χ0) is 26.2. The van der Waals surface area contributed by atoms with Crippen LogP contribution in [0.2, 0.25) is 0 Å². The lowest BCUT2D eigenvalue weighted by Gasteiger charge is -2.13. The van der Waals surface area contributed by atoms with Gasteiger partial charge in [0.25, 0.3) is 5.91 Å². The summed E-state index contributed by atoms with van der Waals surface area (Å²) in [5, 5.41) is 5.89. The summed E-state index contributed by atoms with van der Waals surface area (Å²) < 4.78 is 6.16. The molecule has 0 bridgehead atoms. The maximum Gasteiger partial charge on any atom is 0.255 e. The predicted octanol–water partition coefficient (Wildman–Crippen LogP) is 4.85. The Bertz CT molecular complexity index is 1470. The van der Waals surface area contributed by atoms with E-state index in [0.717, 1.165) is 16.7 Å². The molecule has 0 spiro atoms. The normalized spacial score (nSPS) is 10.4. The molecular weight excluding hydrogens is 464 g/mol. The molecule has 8 heteroatoms. The second kappa shape index (κ2) is 11.8. The molecule has 2 aromatic carbocycles. The molecule has 2 heterocycles. The number of carbonyl (C=O) groups excluding carboxylic acids is 1. The molecule has 0 atom stereocenters. The van der Waals surface area contributed by atoms with Gasteiger partial charge in [-0.25, -0.2) is 15.0 Å². The predicted molar refractivity (Wildman–Crippen MR) is 146 cm³/mol. The van der Waals surface area contributed by atoms with E-state index in [9.17, 15) is 4.79 Å². The second-order valence-corrected chi connectivity index (χ2v) is 8.53. The standard InChI is InChI=1S/C29H28N6O2/c1-20-18-23(33-27(36)22-10-5-8-21(19-22)9-7-17-35(3)4)12-13-26(20)37-28-24(11-6-15-31-28)25-14-16-32-29(30-2)34-25/h5-6,8,10-16,18-19H,17H2,1-4H3,(H,33,36)(H,30,32,34). The van der Waals surface area contributed by atoms with E-state index in [1.165, 1.54) is 0 Å². The molecule has 4 aromatic rings. The number of rotatable bonds is 7. The average Bonchev–Trinajstić information content (AvgIpc) is 2.90. The highest BCUT2D eigenvalue weighted by Gasteiger charge is 2.13. The third-order valence-corrected chi connectivity index (χ3v) is 5.32. The quantitative estimate of drug-likeness (QED) is 0.357. The first-order valence-electron chi connectivity index (χ1n) is 11.7. The fraction of sp³-hybridized carbons (Fsp3) is 0.172. The molecule has 186 valence electrons. The fourth-order valence-electron chi connectivity index (χ4n) is 3.48. The average molecular weight is 493 g/mol. The van der Waals surface area contributed by atoms with Gasteiger partial charge in [0.1, 0.15) is 5.75 Å². The lowest BCUT2D eigenvalue weighted by atomic mass is 10.1. The van der Waals surface area contributed by atoms with Crippen LogP contribution >= 0.6 is 0 Å². The van der Waals surface area contributed by atoms with Gasteiger partial charge < -0.3 is 15.4 Å². The molecule has 8 nitrogen and oxygen atoms in total. The van der Waals surface area contributed by atoms with Gasteiger partial charge in [0.2, 0.25) is 11.8 Å². The second-order valence-electron chi connectivity index (χ2n) is 8.53. The number of benzene rings is 2. The summed E-state index contributed by atoms with van der Waals surface area (Å²) in [5.41, 5.74) is 4.28. The van der Waals surface area contributed by atoms with Crippen LogP contribution in [-0.2, 0) is 0 Å². The Labute approximate surface area is 216 Å². The molecule has 0 fully saturated rings. The molecule has 4 rings (SSSR count). The van der Waals surface area contributed by atoms with Crippen LogP contribution in [-0.4, -0.2) is 53.4 Å². The first-order valence-corrected chi connectivity index (χ1v) is 11.7. The van der Waals surface area contributed by atoms with Crippen molar-refractivity contribution in [1.82, 2.24) is 19.9 Å². The van der Waals surface area contributed by atoms with E-state index in [2.05, 4.69) is 37.4 Å². The van der Waals surface area contributed by atoms with E-state index in [4.69, 9.17) is 4.74 Å². The van der Waals surface area contributed by atoms with Crippen LogP contribution in [0.1, 0.15) is 21.5 Å². The number of nitrogens with one attached hydrogen (secondary N) is 2. The van der Waals surface area contributed by atoms with E-state index in [1.807, 2.05) is 62.3 Å². The fourth-order valence-corrected chi connectivity index (χ4v) is 3.48. The Hall–Kier alpha value is -4.74. The van der Waals surface area contributed by atoms with Gasteiger partial charge >= 0.3 is 0 Å². The van der Waals surface area contributed by atoms with E-state index < -0.39 is 0 Å². The number of hydrogen-bond donors (Lipinski definition) is 2. The number of pyridine rings is 1. The summed E-state index contributed by atoms with van der Waals surface area (Å²) in [7, 11) is 5.69. The van der Waals surface area contributed by atoms with Crippen LogP contribution in [0.5, 0.6) is 11.6 Å². The molecule has 0 saturated heterocycles. The third kappa shape index (κ3) is 6.69. The summed E-state index contributed by atoms with van der Waals surface area (Å²) in [6.45, 7) is 2.57. The molecule has 0 aliphatic carbocycles. The van der Waals surface area contributed by atoms with Crippen molar-refractivity contribution in [3.05, 3.63) is 89.7 Å². The SMILES string of the molecule is CNc1nccc(-c2cccnc2Oc2ccc(NC(=O)c3cccc(C#CCN(C)C)c3)cc2C)n1. The molecular formula is C29H28N6O2. The van der Waals surface area contributed by atoms with Crippen LogP contribution in [0.4, 0.5) is 11.6 Å². The Morgan fingerprint density at radius 1 is 1.03 bits per heavy atom. The number of carbonyl (C=O) groups is 1. The number of nitrogens with zero attached hydrogens (tertiary/aromatic N) is 4. The lowest BCUT2D eigenvalue weighted by Crippen LogP contribution is -2.12. The van der Waals surface area contributed by atoms with E-state index in [-0.39, 0.29) is 5.91 Å². The van der Waals surface area contributed by atoms with Crippen molar-refractivity contribution in [2.24, 2.45) is 0 Å². The van der Waals surface area contributed by atoms with Crippen molar-refractivity contribution >= 4 is 17.5 Å². The van der Waals surface area contributed by atoms with Crippen molar-refractivity contribution in [3.63, 3.8) is 0 Å². The smallest absolute Gasteiger partial charge is 0.255 e. The summed E-state index contributed by atoms with van der Waals surface area (Å²) in [5.74, 6) is 7.53. The number of aromatic nitrogens is 3. The van der Waals surface area contributed by atoms with Crippen molar-refractivity contribution in [2.45, 2.75) is 6.92 Å². The van der Waals surface area contributed by atoms with Crippen LogP contribution in [0, 0.1) is 18.8 Å². The Kier molecular flexibility index (Phi) is 8.08. The highest BCUT2D eigenvalue weighted by Crippen LogP contribution is 2.33. The highest BCUT2D eigenvalue weighted by molar-refractivity contribution is 6.04. The minimum atomic E-state index is -0.208. The van der Waals surface area contributed by atoms with Gasteiger partial charge in [0, 0.05) is 36.3 Å². The Balaban J connectivity index is 1.49. The molecule has 37 heavy (non-hydrogen) atoms. The molecule has 1 amide bonds. The maximum absolute atomic E-state index is 12.9. The third-order valence-electron chi connectivity index (χ3n) is 5.32. The summed E-state index contributed by atoms with van der Waals surface area (Å²) in [6, 6.07) is 18.3. The molecule has 2 N–H and O–H groups in total. The van der Waals surface area contributed by atoms with Gasteiger partial charge in [-0.1, -0.05) is 17.9 Å². The van der Waals surface area contributed by atoms with Crippen molar-refractivity contribution in [3.8, 4) is 34.7 Å². The number of aryl methyl sites for hydroxylation is 1. The molecule has 0 saturated carbocycles. The van der Waals surface area contributed by atoms with Gasteiger partial charge in [-0.2, -0.15) is 0 Å². The number of hydrogen-bond acceptors (Lipinski definition) is 7. The zero-order valence-corrected chi connectivity index (χ0v) is 21.2. The zero-order valence-electron chi connectivity index (χ0n) is 21.2. The van der Waals surface area contributed by atoms with E-state index in [1.54, 1.807) is 43.7 Å². The van der Waals surface area contributed by atoms with Crippen LogP contribution in [0.25, 0.3) is 11.3 Å². The lowest BCUT2D eigenvalue weighted by molar-refractivity contribution is 0.102. The number of amides is 1. The highest BCUT2D eigenvalue weighted by atomic mass is 16.5. The van der Waals surface area contributed by atoms with Gasteiger partial charge in [0.05, 0.1) is 17.8 Å². The van der Waals surface area contributed by atoms with Crippen LogP contribution < -0.4 is 15.4 Å². The van der Waals surface area contributed by atoms with Crippen molar-refractivity contribution in [1.29, 1.82) is 0 Å². The van der Waals surface area contributed by atoms with Gasteiger partial charge in [-0.3, -0.25) is 9.69 Å². The van der Waals surface area contributed by atoms with Crippen molar-refractivity contribution in [2.75, 3.05) is 38.3 Å². The number of anilines is 2. The molecule has 0 radical (unpaired) electrons. The van der Waals surface area contributed by atoms with E-state index in [0.29, 0.717) is 41.1 Å². The van der Waals surface area contributed by atoms with Crippen LogP contribution in [0.3, 0.4) is 0 Å². The van der Waals surface area contributed by atoms with Gasteiger partial charge in [-0.15, -0.1) is 0 Å². The summed E-state index contributed by atoms with van der Waals surface area (Å²) in [4.78, 5) is 27.9.